The molecule has 0 bridgehead atoms. The highest BCUT2D eigenvalue weighted by molar-refractivity contribution is 6.34. The minimum absolute atomic E-state index is 0.0855. The van der Waals surface area contributed by atoms with E-state index in [1.54, 1.807) is 20.2 Å². The number of rotatable bonds is 6. The van der Waals surface area contributed by atoms with Crippen LogP contribution in [0.15, 0.2) is 53.6 Å². The van der Waals surface area contributed by atoms with Gasteiger partial charge in [0.1, 0.15) is 12.3 Å². The number of nitrogens with zero attached hydrogens (tertiary/aromatic N) is 3. The molecule has 0 spiro atoms. The molecule has 1 aliphatic heterocycles. The highest BCUT2D eigenvalue weighted by Gasteiger charge is 2.34. The van der Waals surface area contributed by atoms with Crippen molar-refractivity contribution >= 4 is 29.3 Å². The van der Waals surface area contributed by atoms with E-state index in [1.165, 1.54) is 9.91 Å². The van der Waals surface area contributed by atoms with Crippen LogP contribution < -0.4 is 10.1 Å². The van der Waals surface area contributed by atoms with Gasteiger partial charge >= 0.3 is 6.03 Å². The molecule has 0 saturated heterocycles. The summed E-state index contributed by atoms with van der Waals surface area (Å²) >= 11 is 6.36. The zero-order valence-electron chi connectivity index (χ0n) is 17.3. The van der Waals surface area contributed by atoms with Gasteiger partial charge in [0.25, 0.3) is 5.91 Å². The van der Waals surface area contributed by atoms with Gasteiger partial charge in [-0.1, -0.05) is 41.9 Å². The summed E-state index contributed by atoms with van der Waals surface area (Å²) in [6, 6.07) is 14.4. The molecule has 2 aromatic rings. The Labute approximate surface area is 181 Å². The summed E-state index contributed by atoms with van der Waals surface area (Å²) in [5.74, 6) is 0.462. The molecule has 1 atom stereocenters. The molecule has 0 aliphatic carbocycles. The van der Waals surface area contributed by atoms with Gasteiger partial charge in [-0.05, 0) is 30.7 Å². The van der Waals surface area contributed by atoms with Crippen molar-refractivity contribution in [2.45, 2.75) is 19.4 Å². The molecule has 1 aliphatic rings. The number of hydrazone groups is 1. The molecule has 0 aromatic heterocycles. The van der Waals surface area contributed by atoms with Crippen molar-refractivity contribution in [3.05, 3.63) is 64.7 Å². The number of benzene rings is 2. The molecule has 7 nitrogen and oxygen atoms in total. The first-order valence-corrected chi connectivity index (χ1v) is 10.1. The maximum atomic E-state index is 13.1. The highest BCUT2D eigenvalue weighted by Crippen LogP contribution is 2.35. The van der Waals surface area contributed by atoms with E-state index >= 15 is 0 Å². The number of ether oxygens (including phenoxy) is 1. The highest BCUT2D eigenvalue weighted by atomic mass is 35.5. The second kappa shape index (κ2) is 9.63. The lowest BCUT2D eigenvalue weighted by Gasteiger charge is -2.25. The van der Waals surface area contributed by atoms with Crippen LogP contribution in [0.1, 0.15) is 30.5 Å². The van der Waals surface area contributed by atoms with Gasteiger partial charge in [-0.25, -0.2) is 9.80 Å². The van der Waals surface area contributed by atoms with E-state index in [0.717, 1.165) is 22.6 Å². The zero-order chi connectivity index (χ0) is 21.7. The van der Waals surface area contributed by atoms with Gasteiger partial charge < -0.3 is 15.0 Å². The summed E-state index contributed by atoms with van der Waals surface area (Å²) in [5, 5.41) is 9.33. The van der Waals surface area contributed by atoms with E-state index in [1.807, 2.05) is 49.4 Å². The fourth-order valence-corrected chi connectivity index (χ4v) is 3.56. The van der Waals surface area contributed by atoms with Crippen LogP contribution in [-0.4, -0.2) is 54.8 Å². The Balaban J connectivity index is 1.89. The average Bonchev–Trinajstić information content (AvgIpc) is 3.19. The van der Waals surface area contributed by atoms with Crippen LogP contribution in [0.5, 0.6) is 5.75 Å². The summed E-state index contributed by atoms with van der Waals surface area (Å²) in [7, 11) is 3.19. The Hall–Kier alpha value is -3.06. The molecule has 3 amide bonds. The van der Waals surface area contributed by atoms with Crippen molar-refractivity contribution in [3.8, 4) is 5.75 Å². The lowest BCUT2D eigenvalue weighted by Crippen LogP contribution is -2.43. The predicted octanol–water partition coefficient (Wildman–Crippen LogP) is 3.69. The third-order valence-electron chi connectivity index (χ3n) is 4.90. The molecule has 8 heteroatoms. The monoisotopic (exact) mass is 428 g/mol. The van der Waals surface area contributed by atoms with Crippen molar-refractivity contribution < 1.29 is 14.3 Å². The first-order chi connectivity index (χ1) is 14.4. The molecule has 0 fully saturated rings. The Bertz CT molecular complexity index is 946. The number of hydrogen-bond acceptors (Lipinski definition) is 4. The predicted molar refractivity (Wildman–Crippen MR) is 117 cm³/mol. The third-order valence-corrected chi connectivity index (χ3v) is 5.23. The molecule has 1 heterocycles. The Morgan fingerprint density at radius 1 is 1.23 bits per heavy atom. The fourth-order valence-electron chi connectivity index (χ4n) is 3.32. The average molecular weight is 429 g/mol. The zero-order valence-corrected chi connectivity index (χ0v) is 18.0. The van der Waals surface area contributed by atoms with E-state index in [4.69, 9.17) is 16.3 Å². The van der Waals surface area contributed by atoms with E-state index < -0.39 is 0 Å². The van der Waals surface area contributed by atoms with E-state index in [-0.39, 0.29) is 24.5 Å². The first kappa shape index (κ1) is 21.6. The molecular weight excluding hydrogens is 404 g/mol. The van der Waals surface area contributed by atoms with Crippen molar-refractivity contribution in [2.24, 2.45) is 5.10 Å². The molecule has 30 heavy (non-hydrogen) atoms. The number of hydrogen-bond donors (Lipinski definition) is 1. The summed E-state index contributed by atoms with van der Waals surface area (Å²) in [5.41, 5.74) is 2.45. The minimum Gasteiger partial charge on any atom is -0.497 e. The van der Waals surface area contributed by atoms with Gasteiger partial charge in [0.15, 0.2) is 0 Å². The number of carbonyl (C=O) groups excluding carboxylic acids is 2. The van der Waals surface area contributed by atoms with Gasteiger partial charge in [-0.2, -0.15) is 5.10 Å². The second-order valence-corrected chi connectivity index (χ2v) is 7.36. The summed E-state index contributed by atoms with van der Waals surface area (Å²) in [6.07, 6.45) is 0.521. The van der Waals surface area contributed by atoms with Gasteiger partial charge in [0.05, 0.1) is 18.9 Å². The number of methoxy groups -OCH3 is 1. The number of amides is 3. The largest absolute Gasteiger partial charge is 0.497 e. The van der Waals surface area contributed by atoms with Crippen molar-refractivity contribution in [3.63, 3.8) is 0 Å². The maximum absolute atomic E-state index is 13.1. The molecule has 2 aromatic carbocycles. The van der Waals surface area contributed by atoms with Crippen LogP contribution in [0.3, 0.4) is 0 Å². The van der Waals surface area contributed by atoms with Gasteiger partial charge in [0.2, 0.25) is 0 Å². The van der Waals surface area contributed by atoms with Gasteiger partial charge in [0, 0.05) is 30.6 Å². The lowest BCUT2D eigenvalue weighted by atomic mass is 9.98. The Morgan fingerprint density at radius 2 is 1.93 bits per heavy atom. The van der Waals surface area contributed by atoms with Gasteiger partial charge in [-0.15, -0.1) is 0 Å². The van der Waals surface area contributed by atoms with Crippen LogP contribution in [0.4, 0.5) is 4.79 Å². The number of halogens is 1. The van der Waals surface area contributed by atoms with Gasteiger partial charge in [-0.3, -0.25) is 4.79 Å². The second-order valence-electron chi connectivity index (χ2n) is 6.95. The van der Waals surface area contributed by atoms with Crippen molar-refractivity contribution in [1.82, 2.24) is 15.2 Å². The number of nitrogens with one attached hydrogen (secondary N) is 1. The van der Waals surface area contributed by atoms with E-state index in [0.29, 0.717) is 18.0 Å². The first-order valence-electron chi connectivity index (χ1n) is 9.72. The number of likely N-dealkylation sites (N-methyl/N-ethyl adjacent to an activating group) is 1. The standard InChI is InChI=1S/C22H25ClN4O3/c1-4-24-22(29)26(2)14-21(28)27-20(15-9-11-16(30-3)12-10-15)13-19(25-27)17-7-5-6-8-18(17)23/h5-12,20H,4,13-14H2,1-3H3,(H,24,29)/t20-/m0/s1. The molecule has 158 valence electrons. The topological polar surface area (TPSA) is 74.2 Å². The van der Waals surface area contributed by atoms with Crippen molar-refractivity contribution in [1.29, 1.82) is 0 Å². The maximum Gasteiger partial charge on any atom is 0.317 e. The van der Waals surface area contributed by atoms with Crippen LogP contribution >= 0.6 is 11.6 Å². The normalized spacial score (nSPS) is 15.5. The number of carbonyl (C=O) groups is 2. The van der Waals surface area contributed by atoms with Crippen molar-refractivity contribution in [2.75, 3.05) is 27.2 Å². The SMILES string of the molecule is CCNC(=O)N(C)CC(=O)N1N=C(c2ccccc2Cl)C[C@H]1c1ccc(OC)cc1. The molecule has 0 radical (unpaired) electrons. The molecule has 0 saturated carbocycles. The van der Waals surface area contributed by atoms with Crippen LogP contribution in [0.25, 0.3) is 0 Å². The molecule has 3 rings (SSSR count). The van der Waals surface area contributed by atoms with Crippen LogP contribution in [0.2, 0.25) is 5.02 Å². The molecule has 1 N–H and O–H groups in total. The Kier molecular flexibility index (Phi) is 6.95. The number of urea groups is 1. The van der Waals surface area contributed by atoms with E-state index in [9.17, 15) is 9.59 Å². The molecule has 0 unspecified atom stereocenters. The summed E-state index contributed by atoms with van der Waals surface area (Å²) in [4.78, 5) is 26.4. The fraction of sp³-hybridized carbons (Fsp3) is 0.318. The third kappa shape index (κ3) is 4.74. The molecular formula is C22H25ClN4O3. The quantitative estimate of drug-likeness (QED) is 0.762. The minimum atomic E-state index is -0.304. The van der Waals surface area contributed by atoms with Crippen LogP contribution in [0, 0.1) is 0 Å². The lowest BCUT2D eigenvalue weighted by molar-refractivity contribution is -0.133. The van der Waals surface area contributed by atoms with E-state index in [2.05, 4.69) is 10.4 Å². The summed E-state index contributed by atoms with van der Waals surface area (Å²) in [6.45, 7) is 2.23. The Morgan fingerprint density at radius 3 is 2.57 bits per heavy atom. The van der Waals surface area contributed by atoms with Crippen LogP contribution in [-0.2, 0) is 4.79 Å². The summed E-state index contributed by atoms with van der Waals surface area (Å²) < 4.78 is 5.24. The smallest absolute Gasteiger partial charge is 0.317 e.